The van der Waals surface area contributed by atoms with E-state index < -0.39 is 0 Å². The monoisotopic (exact) mass is 195 g/mol. The van der Waals surface area contributed by atoms with Crippen LogP contribution < -0.4 is 5.32 Å². The van der Waals surface area contributed by atoms with Crippen LogP contribution in [0.2, 0.25) is 0 Å². The Morgan fingerprint density at radius 2 is 2.36 bits per heavy atom. The van der Waals surface area contributed by atoms with Crippen molar-refractivity contribution in [1.82, 2.24) is 10.2 Å². The van der Waals surface area contributed by atoms with Crippen LogP contribution in [-0.4, -0.2) is 37.6 Å². The number of nitrogens with zero attached hydrogens (tertiary/aromatic N) is 2. The van der Waals surface area contributed by atoms with E-state index in [0.717, 1.165) is 18.9 Å². The highest BCUT2D eigenvalue weighted by atomic mass is 15.1. The minimum atomic E-state index is 0.657. The Balaban J connectivity index is 2.15. The molecule has 0 saturated carbocycles. The summed E-state index contributed by atoms with van der Waals surface area (Å²) in [5, 5.41) is 12.0. The molecule has 0 aliphatic carbocycles. The maximum Gasteiger partial charge on any atom is 0.0622 e. The highest BCUT2D eigenvalue weighted by Crippen LogP contribution is 2.15. The third-order valence-corrected chi connectivity index (χ3v) is 2.98. The lowest BCUT2D eigenvalue weighted by molar-refractivity contribution is 0.175. The van der Waals surface area contributed by atoms with Crippen LogP contribution in [0.3, 0.4) is 0 Å². The molecular formula is C11H21N3. The first-order chi connectivity index (χ1) is 6.74. The Morgan fingerprint density at radius 1 is 1.57 bits per heavy atom. The minimum absolute atomic E-state index is 0.657. The van der Waals surface area contributed by atoms with Crippen LogP contribution in [0.5, 0.6) is 0 Å². The molecule has 2 atom stereocenters. The van der Waals surface area contributed by atoms with Gasteiger partial charge >= 0.3 is 0 Å². The van der Waals surface area contributed by atoms with E-state index in [9.17, 15) is 0 Å². The molecule has 1 rings (SSSR count). The van der Waals surface area contributed by atoms with Gasteiger partial charge < -0.3 is 10.2 Å². The van der Waals surface area contributed by atoms with Crippen molar-refractivity contribution in [3.63, 3.8) is 0 Å². The summed E-state index contributed by atoms with van der Waals surface area (Å²) in [6.07, 6.45) is 2.90. The molecular weight excluding hydrogens is 174 g/mol. The van der Waals surface area contributed by atoms with Gasteiger partial charge in [0, 0.05) is 19.0 Å². The van der Waals surface area contributed by atoms with Gasteiger partial charge in [-0.3, -0.25) is 0 Å². The molecule has 0 aromatic rings. The van der Waals surface area contributed by atoms with E-state index in [1.165, 1.54) is 19.5 Å². The lowest BCUT2D eigenvalue weighted by Crippen LogP contribution is -2.47. The van der Waals surface area contributed by atoms with Crippen LogP contribution in [0.15, 0.2) is 0 Å². The standard InChI is InChI=1S/C11H21N3/c1-10-9-14(2)8-5-11(10)13-7-4-3-6-12/h10-11,13H,3-5,7-9H2,1-2H3. The van der Waals surface area contributed by atoms with Gasteiger partial charge in [-0.05, 0) is 38.9 Å². The van der Waals surface area contributed by atoms with Crippen molar-refractivity contribution in [2.24, 2.45) is 5.92 Å². The number of nitrogens with one attached hydrogen (secondary N) is 1. The predicted molar refractivity (Wildman–Crippen MR) is 57.9 cm³/mol. The largest absolute Gasteiger partial charge is 0.314 e. The quantitative estimate of drug-likeness (QED) is 0.686. The molecule has 3 nitrogen and oxygen atoms in total. The van der Waals surface area contributed by atoms with E-state index in [4.69, 9.17) is 5.26 Å². The molecule has 0 bridgehead atoms. The van der Waals surface area contributed by atoms with Crippen LogP contribution >= 0.6 is 0 Å². The molecule has 1 N–H and O–H groups in total. The van der Waals surface area contributed by atoms with Gasteiger partial charge in [0.05, 0.1) is 6.07 Å². The first-order valence-electron chi connectivity index (χ1n) is 5.53. The Hall–Kier alpha value is -0.590. The maximum atomic E-state index is 8.41. The molecule has 0 spiro atoms. The fraction of sp³-hybridized carbons (Fsp3) is 0.909. The van der Waals surface area contributed by atoms with E-state index in [0.29, 0.717) is 12.5 Å². The fourth-order valence-corrected chi connectivity index (χ4v) is 2.11. The lowest BCUT2D eigenvalue weighted by Gasteiger charge is -2.35. The number of hydrogen-bond acceptors (Lipinski definition) is 3. The van der Waals surface area contributed by atoms with Crippen LogP contribution in [0.1, 0.15) is 26.2 Å². The first-order valence-corrected chi connectivity index (χ1v) is 5.53. The van der Waals surface area contributed by atoms with Crippen molar-refractivity contribution < 1.29 is 0 Å². The Bertz CT molecular complexity index is 197. The summed E-state index contributed by atoms with van der Waals surface area (Å²) in [4.78, 5) is 2.39. The van der Waals surface area contributed by atoms with Crippen molar-refractivity contribution >= 4 is 0 Å². The van der Waals surface area contributed by atoms with E-state index in [2.05, 4.69) is 30.3 Å². The third kappa shape index (κ3) is 3.65. The molecule has 0 aromatic heterocycles. The summed E-state index contributed by atoms with van der Waals surface area (Å²) in [5.41, 5.74) is 0. The zero-order chi connectivity index (χ0) is 10.4. The average Bonchev–Trinajstić information content (AvgIpc) is 2.15. The minimum Gasteiger partial charge on any atom is -0.314 e. The average molecular weight is 195 g/mol. The highest BCUT2D eigenvalue weighted by molar-refractivity contribution is 4.81. The summed E-state index contributed by atoms with van der Waals surface area (Å²) >= 11 is 0. The van der Waals surface area contributed by atoms with E-state index in [-0.39, 0.29) is 0 Å². The van der Waals surface area contributed by atoms with Crippen molar-refractivity contribution in [3.05, 3.63) is 0 Å². The SMILES string of the molecule is CC1CN(C)CCC1NCCCC#N. The topological polar surface area (TPSA) is 39.1 Å². The van der Waals surface area contributed by atoms with Gasteiger partial charge in [-0.1, -0.05) is 6.92 Å². The van der Waals surface area contributed by atoms with Gasteiger partial charge in [0.15, 0.2) is 0 Å². The van der Waals surface area contributed by atoms with Gasteiger partial charge in [-0.25, -0.2) is 0 Å². The molecule has 0 aromatic carbocycles. The second-order valence-electron chi connectivity index (χ2n) is 4.35. The van der Waals surface area contributed by atoms with Gasteiger partial charge in [-0.2, -0.15) is 5.26 Å². The number of unbranched alkanes of at least 4 members (excludes halogenated alkanes) is 1. The molecule has 0 amide bonds. The number of likely N-dealkylation sites (tertiary alicyclic amines) is 1. The molecule has 1 fully saturated rings. The molecule has 1 aliphatic rings. The van der Waals surface area contributed by atoms with Gasteiger partial charge in [0.25, 0.3) is 0 Å². The summed E-state index contributed by atoms with van der Waals surface area (Å²) in [7, 11) is 2.18. The maximum absolute atomic E-state index is 8.41. The Morgan fingerprint density at radius 3 is 3.00 bits per heavy atom. The van der Waals surface area contributed by atoms with Crippen LogP contribution in [0, 0.1) is 17.2 Å². The molecule has 1 heterocycles. The summed E-state index contributed by atoms with van der Waals surface area (Å²) in [6.45, 7) is 5.68. The van der Waals surface area contributed by atoms with Crippen LogP contribution in [-0.2, 0) is 0 Å². The first kappa shape index (κ1) is 11.5. The molecule has 2 unspecified atom stereocenters. The summed E-state index contributed by atoms with van der Waals surface area (Å²) < 4.78 is 0. The van der Waals surface area contributed by atoms with Gasteiger partial charge in [0.1, 0.15) is 0 Å². The molecule has 1 aliphatic heterocycles. The molecule has 80 valence electrons. The third-order valence-electron chi connectivity index (χ3n) is 2.98. The van der Waals surface area contributed by atoms with Crippen molar-refractivity contribution in [2.75, 3.05) is 26.7 Å². The zero-order valence-electron chi connectivity index (χ0n) is 9.29. The Labute approximate surface area is 87.1 Å². The van der Waals surface area contributed by atoms with Crippen molar-refractivity contribution in [3.8, 4) is 6.07 Å². The van der Waals surface area contributed by atoms with Crippen LogP contribution in [0.25, 0.3) is 0 Å². The van der Waals surface area contributed by atoms with E-state index in [1.54, 1.807) is 0 Å². The van der Waals surface area contributed by atoms with Crippen molar-refractivity contribution in [1.29, 1.82) is 5.26 Å². The van der Waals surface area contributed by atoms with E-state index >= 15 is 0 Å². The summed E-state index contributed by atoms with van der Waals surface area (Å²) in [5.74, 6) is 0.732. The Kier molecular flexibility index (Phi) is 4.92. The summed E-state index contributed by atoms with van der Waals surface area (Å²) in [6, 6.07) is 2.83. The van der Waals surface area contributed by atoms with Gasteiger partial charge in [0.2, 0.25) is 0 Å². The van der Waals surface area contributed by atoms with Gasteiger partial charge in [-0.15, -0.1) is 0 Å². The second kappa shape index (κ2) is 6.00. The zero-order valence-corrected chi connectivity index (χ0v) is 9.29. The normalized spacial score (nSPS) is 28.6. The number of nitriles is 1. The highest BCUT2D eigenvalue weighted by Gasteiger charge is 2.22. The van der Waals surface area contributed by atoms with Crippen LogP contribution in [0.4, 0.5) is 0 Å². The predicted octanol–water partition coefficient (Wildman–Crippen LogP) is 1.22. The molecule has 1 saturated heterocycles. The number of rotatable bonds is 4. The molecule has 14 heavy (non-hydrogen) atoms. The van der Waals surface area contributed by atoms with E-state index in [1.807, 2.05) is 0 Å². The number of piperidine rings is 1. The second-order valence-corrected chi connectivity index (χ2v) is 4.35. The molecule has 0 radical (unpaired) electrons. The number of hydrogen-bond donors (Lipinski definition) is 1. The smallest absolute Gasteiger partial charge is 0.0622 e. The lowest BCUT2D eigenvalue weighted by atomic mass is 9.94. The van der Waals surface area contributed by atoms with Crippen molar-refractivity contribution in [2.45, 2.75) is 32.2 Å². The fourth-order valence-electron chi connectivity index (χ4n) is 2.11. The molecule has 3 heteroatoms.